The van der Waals surface area contributed by atoms with Crippen LogP contribution in [0.1, 0.15) is 0 Å². The van der Waals surface area contributed by atoms with Gasteiger partial charge < -0.3 is 14.8 Å². The average molecular weight is 449 g/mol. The Kier molecular flexibility index (Phi) is 7.28. The van der Waals surface area contributed by atoms with Crippen LogP contribution < -0.4 is 14.8 Å². The second-order valence-electron chi connectivity index (χ2n) is 6.35. The number of sulfonamides is 1. The number of amides is 1. The third-order valence-electron chi connectivity index (χ3n) is 4.23. The van der Waals surface area contributed by atoms with Crippen LogP contribution in [0.2, 0.25) is 5.02 Å². The van der Waals surface area contributed by atoms with E-state index in [-0.39, 0.29) is 41.3 Å². The number of halogens is 1. The zero-order valence-corrected chi connectivity index (χ0v) is 17.8. The van der Waals surface area contributed by atoms with E-state index < -0.39 is 10.0 Å². The summed E-state index contributed by atoms with van der Waals surface area (Å²) in [6.07, 6.45) is 0. The van der Waals surface area contributed by atoms with Crippen LogP contribution in [0.25, 0.3) is 10.8 Å². The molecular weight excluding hydrogens is 428 g/mol. The molecule has 2 N–H and O–H groups in total. The van der Waals surface area contributed by atoms with Crippen LogP contribution in [0.5, 0.6) is 5.75 Å². The molecule has 0 bridgehead atoms. The lowest BCUT2D eigenvalue weighted by molar-refractivity contribution is -0.118. The summed E-state index contributed by atoms with van der Waals surface area (Å²) in [6, 6.07) is 17.4. The first kappa shape index (κ1) is 22.0. The van der Waals surface area contributed by atoms with Gasteiger partial charge in [-0.15, -0.1) is 0 Å². The van der Waals surface area contributed by atoms with Gasteiger partial charge in [0.2, 0.25) is 10.0 Å². The van der Waals surface area contributed by atoms with Gasteiger partial charge in [-0.25, -0.2) is 13.1 Å². The van der Waals surface area contributed by atoms with Crippen LogP contribution in [-0.2, 0) is 19.6 Å². The zero-order chi connectivity index (χ0) is 21.6. The van der Waals surface area contributed by atoms with Crippen molar-refractivity contribution in [3.8, 4) is 5.75 Å². The molecule has 0 aliphatic heterocycles. The van der Waals surface area contributed by atoms with Crippen LogP contribution in [0.4, 0.5) is 5.69 Å². The number of hydrogen-bond acceptors (Lipinski definition) is 5. The lowest BCUT2D eigenvalue weighted by atomic mass is 10.1. The number of fused-ring (bicyclic) bond motifs is 1. The van der Waals surface area contributed by atoms with Gasteiger partial charge in [0.15, 0.2) is 6.61 Å². The lowest BCUT2D eigenvalue weighted by Crippen LogP contribution is -2.27. The Morgan fingerprint density at radius 1 is 1.07 bits per heavy atom. The Morgan fingerprint density at radius 2 is 1.83 bits per heavy atom. The van der Waals surface area contributed by atoms with Gasteiger partial charge in [0.05, 0.1) is 16.5 Å². The average Bonchev–Trinajstić information content (AvgIpc) is 2.73. The minimum atomic E-state index is -3.71. The van der Waals surface area contributed by atoms with Crippen LogP contribution in [-0.4, -0.2) is 41.2 Å². The van der Waals surface area contributed by atoms with E-state index in [4.69, 9.17) is 21.1 Å². The number of ether oxygens (including phenoxy) is 2. The fraction of sp³-hybridized carbons (Fsp3) is 0.190. The highest BCUT2D eigenvalue weighted by molar-refractivity contribution is 7.89. The highest BCUT2D eigenvalue weighted by Gasteiger charge is 2.16. The van der Waals surface area contributed by atoms with E-state index in [1.54, 1.807) is 0 Å². The van der Waals surface area contributed by atoms with Crippen molar-refractivity contribution < 1.29 is 22.7 Å². The van der Waals surface area contributed by atoms with Crippen molar-refractivity contribution in [3.63, 3.8) is 0 Å². The molecule has 3 aromatic carbocycles. The van der Waals surface area contributed by atoms with Crippen LogP contribution in [0, 0.1) is 0 Å². The SMILES string of the molecule is COCCNS(=O)(=O)c1ccc(OCC(=O)Nc2cccc3ccccc23)c(Cl)c1. The minimum Gasteiger partial charge on any atom is -0.482 e. The van der Waals surface area contributed by atoms with Gasteiger partial charge in [-0.3, -0.25) is 4.79 Å². The Hall–Kier alpha value is -2.65. The first-order chi connectivity index (χ1) is 14.4. The Balaban J connectivity index is 1.63. The highest BCUT2D eigenvalue weighted by atomic mass is 35.5. The van der Waals surface area contributed by atoms with Crippen molar-refractivity contribution >= 4 is 44.0 Å². The molecule has 0 saturated carbocycles. The number of rotatable bonds is 9. The summed E-state index contributed by atoms with van der Waals surface area (Å²) >= 11 is 6.14. The number of carbonyl (C=O) groups excluding carboxylic acids is 1. The summed E-state index contributed by atoms with van der Waals surface area (Å²) in [5.41, 5.74) is 0.677. The van der Waals surface area contributed by atoms with Crippen LogP contribution in [0.15, 0.2) is 65.6 Å². The summed E-state index contributed by atoms with van der Waals surface area (Å²) in [5, 5.41) is 4.83. The maximum Gasteiger partial charge on any atom is 0.262 e. The van der Waals surface area contributed by atoms with Gasteiger partial charge in [0.1, 0.15) is 5.75 Å². The van der Waals surface area contributed by atoms with Crippen molar-refractivity contribution in [1.29, 1.82) is 0 Å². The van der Waals surface area contributed by atoms with Crippen LogP contribution >= 0.6 is 11.6 Å². The van der Waals surface area contributed by atoms with E-state index >= 15 is 0 Å². The van der Waals surface area contributed by atoms with Gasteiger partial charge in [-0.1, -0.05) is 48.0 Å². The predicted molar refractivity (Wildman–Crippen MR) is 117 cm³/mol. The van der Waals surface area contributed by atoms with Gasteiger partial charge in [-0.05, 0) is 29.7 Å². The number of anilines is 1. The smallest absolute Gasteiger partial charge is 0.262 e. The van der Waals surface area contributed by atoms with Gasteiger partial charge in [0, 0.05) is 24.7 Å². The molecule has 0 radical (unpaired) electrons. The van der Waals surface area contributed by atoms with Crippen molar-refractivity contribution in [3.05, 3.63) is 65.7 Å². The van der Waals surface area contributed by atoms with E-state index in [1.807, 2.05) is 42.5 Å². The largest absolute Gasteiger partial charge is 0.482 e. The van der Waals surface area contributed by atoms with Gasteiger partial charge >= 0.3 is 0 Å². The van der Waals surface area contributed by atoms with Gasteiger partial charge in [-0.2, -0.15) is 0 Å². The molecule has 3 aromatic rings. The molecule has 0 aromatic heterocycles. The minimum absolute atomic E-state index is 0.00356. The number of hydrogen-bond donors (Lipinski definition) is 2. The molecule has 3 rings (SSSR count). The van der Waals surface area contributed by atoms with Gasteiger partial charge in [0.25, 0.3) is 5.91 Å². The molecule has 0 saturated heterocycles. The van der Waals surface area contributed by atoms with Crippen molar-refractivity contribution in [2.75, 3.05) is 32.2 Å². The summed E-state index contributed by atoms with van der Waals surface area (Å²) in [6.45, 7) is 0.115. The van der Waals surface area contributed by atoms with E-state index in [9.17, 15) is 13.2 Å². The van der Waals surface area contributed by atoms with E-state index in [1.165, 1.54) is 25.3 Å². The normalized spacial score (nSPS) is 11.4. The standard InChI is InChI=1S/C21H21ClN2O5S/c1-28-12-11-23-30(26,27)16-9-10-20(18(22)13-16)29-14-21(25)24-19-8-4-6-15-5-2-3-7-17(15)19/h2-10,13,23H,11-12,14H2,1H3,(H,24,25). The zero-order valence-electron chi connectivity index (χ0n) is 16.2. The van der Waals surface area contributed by atoms with Crippen LogP contribution in [0.3, 0.4) is 0 Å². The molecule has 0 spiro atoms. The predicted octanol–water partition coefficient (Wildman–Crippen LogP) is 3.44. The molecule has 0 aliphatic carbocycles. The highest BCUT2D eigenvalue weighted by Crippen LogP contribution is 2.27. The third kappa shape index (κ3) is 5.48. The lowest BCUT2D eigenvalue weighted by Gasteiger charge is -2.12. The first-order valence-corrected chi connectivity index (χ1v) is 11.0. The molecular formula is C21H21ClN2O5S. The summed E-state index contributed by atoms with van der Waals surface area (Å²) < 4.78 is 37.1. The van der Waals surface area contributed by atoms with E-state index in [2.05, 4.69) is 10.0 Å². The van der Waals surface area contributed by atoms with E-state index in [0.717, 1.165) is 10.8 Å². The monoisotopic (exact) mass is 448 g/mol. The molecule has 30 heavy (non-hydrogen) atoms. The molecule has 0 heterocycles. The second-order valence-corrected chi connectivity index (χ2v) is 8.52. The number of benzene rings is 3. The topological polar surface area (TPSA) is 93.7 Å². The second kappa shape index (κ2) is 9.90. The Morgan fingerprint density at radius 3 is 2.60 bits per heavy atom. The summed E-state index contributed by atoms with van der Waals surface area (Å²) in [4.78, 5) is 12.3. The Labute approximate surface area is 180 Å². The van der Waals surface area contributed by atoms with Crippen molar-refractivity contribution in [2.45, 2.75) is 4.90 Å². The molecule has 9 heteroatoms. The maximum absolute atomic E-state index is 12.3. The molecule has 0 fully saturated rings. The summed E-state index contributed by atoms with van der Waals surface area (Å²) in [5.74, 6) is -0.152. The molecule has 0 atom stereocenters. The number of carbonyl (C=O) groups is 1. The van der Waals surface area contributed by atoms with Crippen molar-refractivity contribution in [2.24, 2.45) is 0 Å². The van der Waals surface area contributed by atoms with Crippen molar-refractivity contribution in [1.82, 2.24) is 4.72 Å². The summed E-state index contributed by atoms with van der Waals surface area (Å²) in [7, 11) is -2.23. The number of methoxy groups -OCH3 is 1. The fourth-order valence-corrected chi connectivity index (χ4v) is 4.13. The quantitative estimate of drug-likeness (QED) is 0.489. The first-order valence-electron chi connectivity index (χ1n) is 9.09. The molecule has 0 unspecified atom stereocenters. The molecule has 7 nitrogen and oxygen atoms in total. The fourth-order valence-electron chi connectivity index (χ4n) is 2.79. The van der Waals surface area contributed by atoms with E-state index in [0.29, 0.717) is 5.69 Å². The maximum atomic E-state index is 12.3. The molecule has 0 aliphatic rings. The molecule has 158 valence electrons. The number of nitrogens with one attached hydrogen (secondary N) is 2. The third-order valence-corrected chi connectivity index (χ3v) is 5.99. The Bertz CT molecular complexity index is 1150. The molecule has 1 amide bonds.